The fourth-order valence-corrected chi connectivity index (χ4v) is 3.57. The summed E-state index contributed by atoms with van der Waals surface area (Å²) in [4.78, 5) is 19.2. The van der Waals surface area contributed by atoms with Crippen molar-refractivity contribution in [3.05, 3.63) is 71.6 Å². The number of carbonyl (C=O) groups excluding carboxylic acids is 1. The van der Waals surface area contributed by atoms with E-state index in [9.17, 15) is 4.79 Å². The van der Waals surface area contributed by atoms with Gasteiger partial charge in [0.1, 0.15) is 5.69 Å². The smallest absolute Gasteiger partial charge is 0.270 e. The number of amides is 1. The SMILES string of the molecule is Cc1noc([C@@H]2CN(C(=O)c3cccn3C)C[C@@H]2c2ccccc2)n1. The Balaban J connectivity index is 1.67. The molecule has 3 aromatic rings. The van der Waals surface area contributed by atoms with Gasteiger partial charge in [0, 0.05) is 32.3 Å². The average molecular weight is 336 g/mol. The second-order valence-corrected chi connectivity index (χ2v) is 6.52. The molecule has 4 rings (SSSR count). The van der Waals surface area contributed by atoms with E-state index in [1.54, 1.807) is 0 Å². The minimum absolute atomic E-state index is 0.00724. The minimum atomic E-state index is 0.00724. The van der Waals surface area contributed by atoms with Crippen molar-refractivity contribution >= 4 is 5.91 Å². The van der Waals surface area contributed by atoms with Crippen molar-refractivity contribution in [1.82, 2.24) is 19.6 Å². The number of aromatic nitrogens is 3. The molecule has 6 nitrogen and oxygen atoms in total. The van der Waals surface area contributed by atoms with Gasteiger partial charge in [0.25, 0.3) is 5.91 Å². The highest BCUT2D eigenvalue weighted by atomic mass is 16.5. The van der Waals surface area contributed by atoms with Crippen molar-refractivity contribution in [2.45, 2.75) is 18.8 Å². The van der Waals surface area contributed by atoms with Gasteiger partial charge in [0.2, 0.25) is 5.89 Å². The van der Waals surface area contributed by atoms with Crippen molar-refractivity contribution in [3.63, 3.8) is 0 Å². The molecule has 0 spiro atoms. The van der Waals surface area contributed by atoms with Crippen LogP contribution in [0.2, 0.25) is 0 Å². The standard InChI is InChI=1S/C19H20N4O2/c1-13-20-18(25-21-13)16-12-23(19(24)17-9-6-10-22(17)2)11-15(16)14-7-4-3-5-8-14/h3-10,15-16H,11-12H2,1-2H3/t15-,16-/m1/s1. The zero-order valence-corrected chi connectivity index (χ0v) is 14.3. The van der Waals surface area contributed by atoms with Crippen molar-refractivity contribution < 1.29 is 9.32 Å². The maximum Gasteiger partial charge on any atom is 0.270 e. The van der Waals surface area contributed by atoms with Gasteiger partial charge in [0.15, 0.2) is 5.82 Å². The van der Waals surface area contributed by atoms with Gasteiger partial charge < -0.3 is 14.0 Å². The highest BCUT2D eigenvalue weighted by molar-refractivity contribution is 5.93. The lowest BCUT2D eigenvalue weighted by Gasteiger charge is -2.17. The fourth-order valence-electron chi connectivity index (χ4n) is 3.57. The molecule has 0 saturated carbocycles. The first kappa shape index (κ1) is 15.6. The second kappa shape index (κ2) is 6.20. The van der Waals surface area contributed by atoms with Crippen LogP contribution in [0.3, 0.4) is 0 Å². The summed E-state index contributed by atoms with van der Waals surface area (Å²) < 4.78 is 7.29. The van der Waals surface area contributed by atoms with Gasteiger partial charge in [-0.1, -0.05) is 35.5 Å². The molecule has 1 aliphatic rings. The van der Waals surface area contributed by atoms with Gasteiger partial charge in [-0.05, 0) is 24.6 Å². The quantitative estimate of drug-likeness (QED) is 0.738. The summed E-state index contributed by atoms with van der Waals surface area (Å²) in [5, 5.41) is 3.93. The van der Waals surface area contributed by atoms with Crippen LogP contribution in [0.4, 0.5) is 0 Å². The summed E-state index contributed by atoms with van der Waals surface area (Å²) in [5.74, 6) is 1.41. The van der Waals surface area contributed by atoms with Gasteiger partial charge in [-0.2, -0.15) is 4.98 Å². The number of hydrogen-bond acceptors (Lipinski definition) is 4. The van der Waals surface area contributed by atoms with Crippen molar-refractivity contribution in [2.75, 3.05) is 13.1 Å². The molecular weight excluding hydrogens is 316 g/mol. The number of benzene rings is 1. The third kappa shape index (κ3) is 2.84. The molecule has 0 bridgehead atoms. The van der Waals surface area contributed by atoms with Crippen LogP contribution < -0.4 is 0 Å². The molecule has 1 aromatic carbocycles. The maximum atomic E-state index is 12.9. The molecule has 1 aliphatic heterocycles. The van der Waals surface area contributed by atoms with Gasteiger partial charge in [-0.25, -0.2) is 0 Å². The summed E-state index contributed by atoms with van der Waals surface area (Å²) in [7, 11) is 1.89. The molecule has 6 heteroatoms. The number of likely N-dealkylation sites (tertiary alicyclic amines) is 1. The zero-order chi connectivity index (χ0) is 17.4. The molecule has 0 unspecified atom stereocenters. The van der Waals surface area contributed by atoms with E-state index in [0.29, 0.717) is 30.5 Å². The summed E-state index contributed by atoms with van der Waals surface area (Å²) in [6, 6.07) is 14.0. The molecule has 2 aromatic heterocycles. The first-order valence-electron chi connectivity index (χ1n) is 8.39. The number of hydrogen-bond donors (Lipinski definition) is 0. The maximum absolute atomic E-state index is 12.9. The molecule has 0 radical (unpaired) electrons. The van der Waals surface area contributed by atoms with Crippen molar-refractivity contribution in [1.29, 1.82) is 0 Å². The third-order valence-electron chi connectivity index (χ3n) is 4.86. The van der Waals surface area contributed by atoms with Gasteiger partial charge in [-0.15, -0.1) is 0 Å². The first-order chi connectivity index (χ1) is 12.1. The highest BCUT2D eigenvalue weighted by Crippen LogP contribution is 2.39. The Kier molecular flexibility index (Phi) is 3.87. The normalized spacial score (nSPS) is 20.2. The molecule has 128 valence electrons. The largest absolute Gasteiger partial charge is 0.347 e. The summed E-state index contributed by atoms with van der Waals surface area (Å²) >= 11 is 0. The van der Waals surface area contributed by atoms with E-state index < -0.39 is 0 Å². The van der Waals surface area contributed by atoms with E-state index in [-0.39, 0.29) is 17.7 Å². The van der Waals surface area contributed by atoms with Crippen LogP contribution in [0.1, 0.15) is 39.6 Å². The lowest BCUT2D eigenvalue weighted by Crippen LogP contribution is -2.30. The molecule has 3 heterocycles. The van der Waals surface area contributed by atoms with Crippen LogP contribution in [0.25, 0.3) is 0 Å². The Labute approximate surface area is 146 Å². The Morgan fingerprint density at radius 1 is 1.12 bits per heavy atom. The van der Waals surface area contributed by atoms with Gasteiger partial charge in [-0.3, -0.25) is 4.79 Å². The number of nitrogens with zero attached hydrogens (tertiary/aromatic N) is 4. The summed E-state index contributed by atoms with van der Waals surface area (Å²) in [6.45, 7) is 3.03. The fraction of sp³-hybridized carbons (Fsp3) is 0.316. The second-order valence-electron chi connectivity index (χ2n) is 6.52. The highest BCUT2D eigenvalue weighted by Gasteiger charge is 2.40. The summed E-state index contributed by atoms with van der Waals surface area (Å²) in [6.07, 6.45) is 1.89. The Morgan fingerprint density at radius 2 is 1.88 bits per heavy atom. The third-order valence-corrected chi connectivity index (χ3v) is 4.86. The lowest BCUT2D eigenvalue weighted by atomic mass is 9.89. The zero-order valence-electron chi connectivity index (χ0n) is 14.3. The van der Waals surface area contributed by atoms with Gasteiger partial charge in [0.05, 0.1) is 5.92 Å². The molecule has 1 fully saturated rings. The number of aryl methyl sites for hydroxylation is 2. The Bertz CT molecular complexity index is 884. The first-order valence-corrected chi connectivity index (χ1v) is 8.39. The number of rotatable bonds is 3. The summed E-state index contributed by atoms with van der Waals surface area (Å²) in [5.41, 5.74) is 1.87. The van der Waals surface area contributed by atoms with Crippen LogP contribution >= 0.6 is 0 Å². The van der Waals surface area contributed by atoms with Crippen LogP contribution in [-0.4, -0.2) is 38.6 Å². The Hall–Kier alpha value is -2.89. The predicted octanol–water partition coefficient (Wildman–Crippen LogP) is 2.74. The van der Waals surface area contributed by atoms with Crippen LogP contribution in [0, 0.1) is 6.92 Å². The molecule has 0 aliphatic carbocycles. The van der Waals surface area contributed by atoms with E-state index in [2.05, 4.69) is 22.3 Å². The van der Waals surface area contributed by atoms with Crippen LogP contribution in [-0.2, 0) is 7.05 Å². The van der Waals surface area contributed by atoms with E-state index in [0.717, 1.165) is 0 Å². The monoisotopic (exact) mass is 336 g/mol. The van der Waals surface area contributed by atoms with Crippen molar-refractivity contribution in [2.24, 2.45) is 7.05 Å². The van der Waals surface area contributed by atoms with E-state index in [4.69, 9.17) is 4.52 Å². The molecule has 0 N–H and O–H groups in total. The predicted molar refractivity (Wildman–Crippen MR) is 92.3 cm³/mol. The molecule has 2 atom stereocenters. The van der Waals surface area contributed by atoms with E-state index in [1.807, 2.05) is 60.0 Å². The van der Waals surface area contributed by atoms with Crippen LogP contribution in [0.15, 0.2) is 53.2 Å². The average Bonchev–Trinajstić information content (AvgIpc) is 3.34. The molecular formula is C19H20N4O2. The molecule has 1 amide bonds. The number of carbonyl (C=O) groups is 1. The van der Waals surface area contributed by atoms with Crippen molar-refractivity contribution in [3.8, 4) is 0 Å². The molecule has 1 saturated heterocycles. The Morgan fingerprint density at radius 3 is 2.52 bits per heavy atom. The van der Waals surface area contributed by atoms with E-state index >= 15 is 0 Å². The van der Waals surface area contributed by atoms with E-state index in [1.165, 1.54) is 5.56 Å². The van der Waals surface area contributed by atoms with Crippen LogP contribution in [0.5, 0.6) is 0 Å². The lowest BCUT2D eigenvalue weighted by molar-refractivity contribution is 0.0778. The van der Waals surface area contributed by atoms with Gasteiger partial charge >= 0.3 is 0 Å². The molecule has 25 heavy (non-hydrogen) atoms. The topological polar surface area (TPSA) is 64.2 Å². The minimum Gasteiger partial charge on any atom is -0.347 e.